The number of fused-ring (bicyclic) bond motifs is 1. The summed E-state index contributed by atoms with van der Waals surface area (Å²) in [5.41, 5.74) is 5.77. The highest BCUT2D eigenvalue weighted by Gasteiger charge is 2.17. The first kappa shape index (κ1) is 14.2. The van der Waals surface area contributed by atoms with Crippen LogP contribution in [0.1, 0.15) is 30.0 Å². The number of para-hydroxylation sites is 1. The lowest BCUT2D eigenvalue weighted by Crippen LogP contribution is -2.29. The second-order valence-electron chi connectivity index (χ2n) is 5.70. The Morgan fingerprint density at radius 1 is 1.00 bits per heavy atom. The van der Waals surface area contributed by atoms with Crippen molar-refractivity contribution in [3.63, 3.8) is 0 Å². The Bertz CT molecular complexity index is 592. The van der Waals surface area contributed by atoms with Gasteiger partial charge in [0.25, 0.3) is 0 Å². The first-order chi connectivity index (χ1) is 10.4. The van der Waals surface area contributed by atoms with Gasteiger partial charge in [-0.1, -0.05) is 49.4 Å². The molecular weight excluding hydrogens is 256 g/mol. The van der Waals surface area contributed by atoms with Crippen LogP contribution in [0.5, 0.6) is 0 Å². The molecule has 0 radical (unpaired) electrons. The van der Waals surface area contributed by atoms with Gasteiger partial charge in [-0.3, -0.25) is 0 Å². The van der Waals surface area contributed by atoms with Crippen LogP contribution in [-0.4, -0.2) is 13.1 Å². The number of anilines is 1. The molecular formula is C19H24N2. The first-order valence-corrected chi connectivity index (χ1v) is 7.99. The molecule has 110 valence electrons. The van der Waals surface area contributed by atoms with Crippen molar-refractivity contribution in [3.05, 3.63) is 65.2 Å². The van der Waals surface area contributed by atoms with Gasteiger partial charge in [0.1, 0.15) is 0 Å². The van der Waals surface area contributed by atoms with Crippen molar-refractivity contribution < 1.29 is 0 Å². The summed E-state index contributed by atoms with van der Waals surface area (Å²) in [7, 11) is 0. The van der Waals surface area contributed by atoms with E-state index in [0.717, 1.165) is 26.2 Å². The van der Waals surface area contributed by atoms with E-state index in [1.165, 1.54) is 35.2 Å². The largest absolute Gasteiger partial charge is 0.367 e. The third-order valence-electron chi connectivity index (χ3n) is 4.25. The average molecular weight is 280 g/mol. The smallest absolute Gasteiger partial charge is 0.0432 e. The van der Waals surface area contributed by atoms with Crippen molar-refractivity contribution in [2.75, 3.05) is 18.0 Å². The first-order valence-electron chi connectivity index (χ1n) is 7.99. The van der Waals surface area contributed by atoms with E-state index in [9.17, 15) is 0 Å². The molecule has 21 heavy (non-hydrogen) atoms. The number of hydrogen-bond donors (Lipinski definition) is 1. The van der Waals surface area contributed by atoms with Gasteiger partial charge < -0.3 is 10.2 Å². The van der Waals surface area contributed by atoms with Gasteiger partial charge in [-0.15, -0.1) is 0 Å². The molecule has 1 aliphatic heterocycles. The lowest BCUT2D eigenvalue weighted by Gasteiger charge is -2.32. The van der Waals surface area contributed by atoms with Crippen LogP contribution >= 0.6 is 0 Å². The SMILES string of the molecule is CCNCc1ccccc1CN1CCCc2ccccc21. The van der Waals surface area contributed by atoms with Crippen molar-refractivity contribution in [2.45, 2.75) is 32.9 Å². The quantitative estimate of drug-likeness (QED) is 0.897. The minimum Gasteiger partial charge on any atom is -0.367 e. The van der Waals surface area contributed by atoms with Gasteiger partial charge >= 0.3 is 0 Å². The van der Waals surface area contributed by atoms with Crippen LogP contribution in [0.2, 0.25) is 0 Å². The summed E-state index contributed by atoms with van der Waals surface area (Å²) in [5.74, 6) is 0. The summed E-state index contributed by atoms with van der Waals surface area (Å²) in [6.45, 7) is 6.30. The normalized spacial score (nSPS) is 14.0. The topological polar surface area (TPSA) is 15.3 Å². The molecule has 0 aliphatic carbocycles. The summed E-state index contributed by atoms with van der Waals surface area (Å²) >= 11 is 0. The van der Waals surface area contributed by atoms with Gasteiger partial charge in [0.05, 0.1) is 0 Å². The van der Waals surface area contributed by atoms with Crippen molar-refractivity contribution in [2.24, 2.45) is 0 Å². The van der Waals surface area contributed by atoms with E-state index in [0.29, 0.717) is 0 Å². The second kappa shape index (κ2) is 6.77. The van der Waals surface area contributed by atoms with Crippen molar-refractivity contribution >= 4 is 5.69 Å². The van der Waals surface area contributed by atoms with E-state index >= 15 is 0 Å². The fourth-order valence-electron chi connectivity index (χ4n) is 3.13. The molecule has 1 aliphatic rings. The molecule has 0 fully saturated rings. The summed E-state index contributed by atoms with van der Waals surface area (Å²) in [6, 6.07) is 17.6. The third-order valence-corrected chi connectivity index (χ3v) is 4.25. The van der Waals surface area contributed by atoms with Gasteiger partial charge in [0, 0.05) is 25.3 Å². The lowest BCUT2D eigenvalue weighted by molar-refractivity contribution is 0.678. The molecule has 3 rings (SSSR count). The molecule has 2 aromatic rings. The number of benzene rings is 2. The van der Waals surface area contributed by atoms with Gasteiger partial charge in [0.2, 0.25) is 0 Å². The molecule has 1 N–H and O–H groups in total. The van der Waals surface area contributed by atoms with E-state index in [-0.39, 0.29) is 0 Å². The Kier molecular flexibility index (Phi) is 4.56. The maximum absolute atomic E-state index is 3.44. The van der Waals surface area contributed by atoms with Crippen LogP contribution in [-0.2, 0) is 19.5 Å². The fraction of sp³-hybridized carbons (Fsp3) is 0.368. The summed E-state index contributed by atoms with van der Waals surface area (Å²) in [4.78, 5) is 2.53. The predicted octanol–water partition coefficient (Wildman–Crippen LogP) is 3.75. The van der Waals surface area contributed by atoms with E-state index in [2.05, 4.69) is 65.7 Å². The van der Waals surface area contributed by atoms with Crippen molar-refractivity contribution in [1.82, 2.24) is 5.32 Å². The van der Waals surface area contributed by atoms with E-state index < -0.39 is 0 Å². The molecule has 0 aromatic heterocycles. The lowest BCUT2D eigenvalue weighted by atomic mass is 10.00. The van der Waals surface area contributed by atoms with Crippen LogP contribution in [0.4, 0.5) is 5.69 Å². The molecule has 2 aromatic carbocycles. The molecule has 2 heteroatoms. The molecule has 0 bridgehead atoms. The number of rotatable bonds is 5. The van der Waals surface area contributed by atoms with Crippen LogP contribution < -0.4 is 10.2 Å². The Morgan fingerprint density at radius 2 is 1.76 bits per heavy atom. The van der Waals surface area contributed by atoms with Gasteiger partial charge in [-0.05, 0) is 42.1 Å². The molecule has 0 unspecified atom stereocenters. The van der Waals surface area contributed by atoms with Crippen LogP contribution in [0, 0.1) is 0 Å². The van der Waals surface area contributed by atoms with E-state index in [4.69, 9.17) is 0 Å². The molecule has 2 nitrogen and oxygen atoms in total. The Morgan fingerprint density at radius 3 is 2.62 bits per heavy atom. The highest BCUT2D eigenvalue weighted by Crippen LogP contribution is 2.28. The van der Waals surface area contributed by atoms with Crippen LogP contribution in [0.15, 0.2) is 48.5 Å². The standard InChI is InChI=1S/C19H24N2/c1-2-20-14-17-9-3-4-10-18(17)15-21-13-7-11-16-8-5-6-12-19(16)21/h3-6,8-10,12,20H,2,7,11,13-15H2,1H3. The van der Waals surface area contributed by atoms with Gasteiger partial charge in [0.15, 0.2) is 0 Å². The average Bonchev–Trinajstić information content (AvgIpc) is 2.54. The van der Waals surface area contributed by atoms with Crippen LogP contribution in [0.25, 0.3) is 0 Å². The number of hydrogen-bond acceptors (Lipinski definition) is 2. The van der Waals surface area contributed by atoms with E-state index in [1.807, 2.05) is 0 Å². The molecule has 0 amide bonds. The van der Waals surface area contributed by atoms with E-state index in [1.54, 1.807) is 0 Å². The fourth-order valence-corrected chi connectivity index (χ4v) is 3.13. The molecule has 0 spiro atoms. The molecule has 0 saturated heterocycles. The Balaban J connectivity index is 1.81. The maximum Gasteiger partial charge on any atom is 0.0432 e. The number of nitrogens with zero attached hydrogens (tertiary/aromatic N) is 1. The second-order valence-corrected chi connectivity index (χ2v) is 5.70. The zero-order valence-electron chi connectivity index (χ0n) is 12.8. The zero-order chi connectivity index (χ0) is 14.5. The third kappa shape index (κ3) is 3.27. The van der Waals surface area contributed by atoms with Crippen molar-refractivity contribution in [3.8, 4) is 0 Å². The van der Waals surface area contributed by atoms with Crippen molar-refractivity contribution in [1.29, 1.82) is 0 Å². The van der Waals surface area contributed by atoms with Gasteiger partial charge in [-0.2, -0.15) is 0 Å². The minimum absolute atomic E-state index is 0.960. The highest BCUT2D eigenvalue weighted by atomic mass is 15.1. The summed E-state index contributed by atoms with van der Waals surface area (Å²) in [6.07, 6.45) is 2.47. The number of aryl methyl sites for hydroxylation is 1. The molecule has 0 atom stereocenters. The zero-order valence-corrected chi connectivity index (χ0v) is 12.8. The maximum atomic E-state index is 3.44. The molecule has 1 heterocycles. The highest BCUT2D eigenvalue weighted by molar-refractivity contribution is 5.56. The summed E-state index contributed by atoms with van der Waals surface area (Å²) in [5, 5.41) is 3.44. The number of nitrogens with one attached hydrogen (secondary N) is 1. The summed E-state index contributed by atoms with van der Waals surface area (Å²) < 4.78 is 0. The minimum atomic E-state index is 0.960. The Labute approximate surface area is 127 Å². The van der Waals surface area contributed by atoms with Gasteiger partial charge in [-0.25, -0.2) is 0 Å². The molecule has 0 saturated carbocycles. The van der Waals surface area contributed by atoms with Crippen LogP contribution in [0.3, 0.4) is 0 Å². The monoisotopic (exact) mass is 280 g/mol. The predicted molar refractivity (Wildman–Crippen MR) is 89.6 cm³/mol. The Hall–Kier alpha value is -1.80.